The second kappa shape index (κ2) is 16.4. The zero-order valence-electron chi connectivity index (χ0n) is 26.3. The smallest absolute Gasteiger partial charge is 0.264 e. The number of anilines is 1. The van der Waals surface area contributed by atoms with E-state index in [1.807, 2.05) is 75.4 Å². The molecule has 46 heavy (non-hydrogen) atoms. The average Bonchev–Trinajstić information content (AvgIpc) is 3.06. The van der Waals surface area contributed by atoms with Crippen molar-refractivity contribution in [2.24, 2.45) is 0 Å². The van der Waals surface area contributed by atoms with Crippen LogP contribution < -0.4 is 14.4 Å². The van der Waals surface area contributed by atoms with E-state index in [2.05, 4.69) is 21.2 Å². The summed E-state index contributed by atoms with van der Waals surface area (Å²) in [6.07, 6.45) is 0.964. The van der Waals surface area contributed by atoms with Gasteiger partial charge in [-0.05, 0) is 79.9 Å². The summed E-state index contributed by atoms with van der Waals surface area (Å²) in [6, 6.07) is 30.6. The lowest BCUT2D eigenvalue weighted by molar-refractivity contribution is -0.140. The van der Waals surface area contributed by atoms with Gasteiger partial charge in [0, 0.05) is 23.5 Å². The average molecular weight is 707 g/mol. The second-order valence-corrected chi connectivity index (χ2v) is 13.7. The summed E-state index contributed by atoms with van der Waals surface area (Å²) >= 11 is 3.51. The van der Waals surface area contributed by atoms with Gasteiger partial charge in [-0.1, -0.05) is 83.5 Å². The summed E-state index contributed by atoms with van der Waals surface area (Å²) in [5, 5.41) is 3.05. The monoisotopic (exact) mass is 705 g/mol. The molecule has 0 aliphatic rings. The number of sulfonamides is 1. The summed E-state index contributed by atoms with van der Waals surface area (Å²) in [5.41, 5.74) is 1.99. The molecule has 0 aromatic heterocycles. The van der Waals surface area contributed by atoms with Crippen LogP contribution in [0.5, 0.6) is 5.75 Å². The molecule has 4 aromatic carbocycles. The van der Waals surface area contributed by atoms with E-state index in [1.54, 1.807) is 42.5 Å². The molecule has 0 fully saturated rings. The second-order valence-electron chi connectivity index (χ2n) is 10.9. The number of halogens is 1. The van der Waals surface area contributed by atoms with Gasteiger partial charge in [0.2, 0.25) is 11.8 Å². The van der Waals surface area contributed by atoms with Crippen LogP contribution in [-0.4, -0.2) is 50.4 Å². The van der Waals surface area contributed by atoms with Crippen LogP contribution in [0.25, 0.3) is 0 Å². The zero-order chi connectivity index (χ0) is 33.1. The van der Waals surface area contributed by atoms with Crippen LogP contribution in [0.3, 0.4) is 0 Å². The normalized spacial score (nSPS) is 12.5. The maximum absolute atomic E-state index is 14.5. The molecule has 2 amide bonds. The Bertz CT molecular complexity index is 1690. The fourth-order valence-corrected chi connectivity index (χ4v) is 6.81. The molecule has 242 valence electrons. The molecular weight excluding hydrogens is 666 g/mol. The highest BCUT2D eigenvalue weighted by molar-refractivity contribution is 9.10. The number of benzene rings is 4. The van der Waals surface area contributed by atoms with E-state index < -0.39 is 28.5 Å². The first-order valence-electron chi connectivity index (χ1n) is 15.3. The largest absolute Gasteiger partial charge is 0.494 e. The molecule has 2 atom stereocenters. The van der Waals surface area contributed by atoms with Crippen molar-refractivity contribution in [3.05, 3.63) is 125 Å². The van der Waals surface area contributed by atoms with Crippen molar-refractivity contribution in [2.45, 2.75) is 57.1 Å². The molecule has 0 bridgehead atoms. The van der Waals surface area contributed by atoms with Crippen LogP contribution in [0, 0.1) is 0 Å². The number of hydrogen-bond acceptors (Lipinski definition) is 5. The van der Waals surface area contributed by atoms with Gasteiger partial charge in [-0.2, -0.15) is 0 Å². The minimum absolute atomic E-state index is 0.0153. The summed E-state index contributed by atoms with van der Waals surface area (Å²) < 4.78 is 35.8. The Morgan fingerprint density at radius 2 is 1.48 bits per heavy atom. The number of para-hydroxylation sites is 1. The van der Waals surface area contributed by atoms with E-state index in [0.29, 0.717) is 24.5 Å². The third-order valence-electron chi connectivity index (χ3n) is 7.56. The molecular formula is C36H40BrN3O5S. The molecule has 0 spiro atoms. The molecule has 0 radical (unpaired) electrons. The van der Waals surface area contributed by atoms with E-state index in [9.17, 15) is 18.0 Å². The van der Waals surface area contributed by atoms with Crippen molar-refractivity contribution >= 4 is 43.5 Å². The van der Waals surface area contributed by atoms with Crippen molar-refractivity contribution in [3.8, 4) is 5.75 Å². The lowest BCUT2D eigenvalue weighted by atomic mass is 10.0. The molecule has 0 saturated heterocycles. The predicted octanol–water partition coefficient (Wildman–Crippen LogP) is 6.60. The summed E-state index contributed by atoms with van der Waals surface area (Å²) in [5.74, 6) is -0.277. The Morgan fingerprint density at radius 1 is 0.848 bits per heavy atom. The van der Waals surface area contributed by atoms with Crippen LogP contribution in [0.1, 0.15) is 38.3 Å². The molecule has 1 N–H and O–H groups in total. The van der Waals surface area contributed by atoms with E-state index in [-0.39, 0.29) is 29.8 Å². The summed E-state index contributed by atoms with van der Waals surface area (Å²) in [7, 11) is -4.20. The van der Waals surface area contributed by atoms with Crippen molar-refractivity contribution < 1.29 is 22.7 Å². The molecule has 0 unspecified atom stereocenters. The Balaban J connectivity index is 1.78. The van der Waals surface area contributed by atoms with Crippen molar-refractivity contribution in [3.63, 3.8) is 0 Å². The van der Waals surface area contributed by atoms with Gasteiger partial charge in [0.15, 0.2) is 0 Å². The van der Waals surface area contributed by atoms with Gasteiger partial charge in [0.1, 0.15) is 18.3 Å². The fraction of sp³-hybridized carbons (Fsp3) is 0.278. The molecule has 4 rings (SSSR count). The third kappa shape index (κ3) is 9.20. The Hall–Kier alpha value is -4.15. The number of carbonyl (C=O) groups excluding carboxylic acids is 2. The lowest BCUT2D eigenvalue weighted by Gasteiger charge is -2.34. The molecule has 4 aromatic rings. The van der Waals surface area contributed by atoms with Crippen LogP contribution in [-0.2, 0) is 32.6 Å². The Morgan fingerprint density at radius 3 is 2.09 bits per heavy atom. The highest BCUT2D eigenvalue weighted by Gasteiger charge is 2.35. The lowest BCUT2D eigenvalue weighted by Crippen LogP contribution is -2.54. The van der Waals surface area contributed by atoms with Crippen molar-refractivity contribution in [1.82, 2.24) is 10.2 Å². The van der Waals surface area contributed by atoms with Gasteiger partial charge >= 0.3 is 0 Å². The number of nitrogens with zero attached hydrogens (tertiary/aromatic N) is 2. The number of carbonyl (C=O) groups is 2. The minimum atomic E-state index is -4.20. The van der Waals surface area contributed by atoms with Gasteiger partial charge in [-0.25, -0.2) is 8.42 Å². The molecule has 0 heterocycles. The Kier molecular flexibility index (Phi) is 12.4. The quantitative estimate of drug-likeness (QED) is 0.150. The van der Waals surface area contributed by atoms with Gasteiger partial charge < -0.3 is 15.0 Å². The maximum atomic E-state index is 14.5. The first-order chi connectivity index (χ1) is 22.1. The molecule has 0 aliphatic carbocycles. The molecule has 0 saturated carbocycles. The van der Waals surface area contributed by atoms with Gasteiger partial charge in [0.25, 0.3) is 10.0 Å². The Labute approximate surface area is 280 Å². The van der Waals surface area contributed by atoms with Crippen LogP contribution >= 0.6 is 15.9 Å². The van der Waals surface area contributed by atoms with Crippen molar-refractivity contribution in [1.29, 1.82) is 0 Å². The van der Waals surface area contributed by atoms with Gasteiger partial charge in [-0.15, -0.1) is 0 Å². The number of rotatable bonds is 15. The zero-order valence-corrected chi connectivity index (χ0v) is 28.7. The third-order valence-corrected chi connectivity index (χ3v) is 9.84. The minimum Gasteiger partial charge on any atom is -0.494 e. The van der Waals surface area contributed by atoms with Gasteiger partial charge in [-0.3, -0.25) is 13.9 Å². The first kappa shape index (κ1) is 34.7. The summed E-state index contributed by atoms with van der Waals surface area (Å²) in [6.45, 7) is 5.76. The van der Waals surface area contributed by atoms with Crippen molar-refractivity contribution in [2.75, 3.05) is 17.5 Å². The highest BCUT2D eigenvalue weighted by atomic mass is 79.9. The van der Waals surface area contributed by atoms with Crippen LogP contribution in [0.2, 0.25) is 0 Å². The number of amides is 2. The molecule has 10 heteroatoms. The first-order valence-corrected chi connectivity index (χ1v) is 17.5. The van der Waals surface area contributed by atoms with Crippen LogP contribution in [0.15, 0.2) is 119 Å². The summed E-state index contributed by atoms with van der Waals surface area (Å²) in [4.78, 5) is 30.0. The van der Waals surface area contributed by atoms with E-state index in [1.165, 1.54) is 17.0 Å². The van der Waals surface area contributed by atoms with Gasteiger partial charge in [0.05, 0.1) is 17.2 Å². The topological polar surface area (TPSA) is 96.0 Å². The number of ether oxygens (including phenoxy) is 1. The van der Waals surface area contributed by atoms with Crippen LogP contribution in [0.4, 0.5) is 5.69 Å². The van der Waals surface area contributed by atoms with E-state index in [0.717, 1.165) is 19.9 Å². The maximum Gasteiger partial charge on any atom is 0.264 e. The standard InChI is InChI=1S/C36H40BrN3O5S/c1-4-27(3)38-36(42)34(24-28-13-8-6-9-14-28)39(25-29-15-12-16-30(37)23-29)35(41)26-40(31-17-10-7-11-18-31)46(43,44)33-21-19-32(20-22-33)45-5-2/h6-23,27,34H,4-5,24-26H2,1-3H3,(H,38,42)/t27-,34-/m1/s1. The van der Waals surface area contributed by atoms with E-state index >= 15 is 0 Å². The number of hydrogen-bond donors (Lipinski definition) is 1. The fourth-order valence-electron chi connectivity index (χ4n) is 4.95. The molecule has 0 aliphatic heterocycles. The SMILES string of the molecule is CCOc1ccc(S(=O)(=O)N(CC(=O)N(Cc2cccc(Br)c2)[C@H](Cc2ccccc2)C(=O)N[C@H](C)CC)c2ccccc2)cc1. The number of nitrogens with one attached hydrogen (secondary N) is 1. The molecule has 8 nitrogen and oxygen atoms in total. The highest BCUT2D eigenvalue weighted by Crippen LogP contribution is 2.26. The predicted molar refractivity (Wildman–Crippen MR) is 185 cm³/mol. The van der Waals surface area contributed by atoms with E-state index in [4.69, 9.17) is 4.74 Å².